The van der Waals surface area contributed by atoms with Crippen LogP contribution in [-0.2, 0) is 0 Å². The maximum Gasteiger partial charge on any atom is 0.374 e. The summed E-state index contributed by atoms with van der Waals surface area (Å²) in [7, 11) is 0. The summed E-state index contributed by atoms with van der Waals surface area (Å²) in [4.78, 5) is 24.0. The van der Waals surface area contributed by atoms with E-state index in [0.29, 0.717) is 0 Å². The quantitative estimate of drug-likeness (QED) is 0.683. The third-order valence-corrected chi connectivity index (χ3v) is 2.38. The first-order valence-electron chi connectivity index (χ1n) is 5.17. The molecule has 0 fully saturated rings. The molecular formula is C11H6F2N2O5. The highest BCUT2D eigenvalue weighted by atomic mass is 19.3. The van der Waals surface area contributed by atoms with Crippen LogP contribution in [0.3, 0.4) is 0 Å². The van der Waals surface area contributed by atoms with Crippen LogP contribution < -0.4 is 0 Å². The Morgan fingerprint density at radius 2 is 1.95 bits per heavy atom. The van der Waals surface area contributed by atoms with Gasteiger partial charge in [0.1, 0.15) is 0 Å². The van der Waals surface area contributed by atoms with Gasteiger partial charge in [-0.05, 0) is 12.1 Å². The van der Waals surface area contributed by atoms with E-state index in [2.05, 4.69) is 4.98 Å². The number of nitro benzene ring substituents is 1. The van der Waals surface area contributed by atoms with Crippen LogP contribution in [0.5, 0.6) is 0 Å². The van der Waals surface area contributed by atoms with Crippen LogP contribution in [0.2, 0.25) is 0 Å². The number of carboxylic acid groups (broad SMARTS) is 1. The largest absolute Gasteiger partial charge is 0.475 e. The predicted octanol–water partition coefficient (Wildman–Crippen LogP) is 2.89. The predicted molar refractivity (Wildman–Crippen MR) is 60.5 cm³/mol. The van der Waals surface area contributed by atoms with Gasteiger partial charge in [-0.2, -0.15) is 0 Å². The van der Waals surface area contributed by atoms with E-state index in [1.54, 1.807) is 0 Å². The maximum absolute atomic E-state index is 12.6. The Morgan fingerprint density at radius 3 is 2.35 bits per heavy atom. The van der Waals surface area contributed by atoms with Crippen LogP contribution >= 0.6 is 0 Å². The SMILES string of the molecule is O=C(O)c1oc(-c2ccc([N+](=O)[O-])cc2)nc1C(F)F. The zero-order valence-electron chi connectivity index (χ0n) is 9.62. The molecule has 0 aliphatic carbocycles. The van der Waals surface area contributed by atoms with Crippen molar-refractivity contribution in [1.29, 1.82) is 0 Å². The molecule has 9 heteroatoms. The third kappa shape index (κ3) is 2.46. The number of aromatic carboxylic acids is 1. The lowest BCUT2D eigenvalue weighted by molar-refractivity contribution is -0.384. The summed E-state index contributed by atoms with van der Waals surface area (Å²) < 4.78 is 30.0. The van der Waals surface area contributed by atoms with Crippen LogP contribution in [0.1, 0.15) is 22.7 Å². The molecule has 20 heavy (non-hydrogen) atoms. The molecule has 1 aromatic heterocycles. The minimum atomic E-state index is -3.10. The number of carbonyl (C=O) groups is 1. The minimum absolute atomic E-state index is 0.157. The summed E-state index contributed by atoms with van der Waals surface area (Å²) in [6.45, 7) is 0. The van der Waals surface area contributed by atoms with Crippen LogP contribution in [-0.4, -0.2) is 21.0 Å². The Balaban J connectivity index is 2.45. The van der Waals surface area contributed by atoms with Crippen molar-refractivity contribution in [3.63, 3.8) is 0 Å². The van der Waals surface area contributed by atoms with Crippen LogP contribution in [0.4, 0.5) is 14.5 Å². The first kappa shape index (κ1) is 13.6. The number of halogens is 2. The zero-order chi connectivity index (χ0) is 14.9. The molecule has 0 bridgehead atoms. The standard InChI is InChI=1S/C11H6F2N2O5/c12-9(13)7-8(11(16)17)20-10(14-7)5-1-3-6(4-2-5)15(18)19/h1-4,9H,(H,16,17). The molecule has 1 heterocycles. The Hall–Kier alpha value is -2.84. The first-order valence-corrected chi connectivity index (χ1v) is 5.17. The second-order valence-corrected chi connectivity index (χ2v) is 3.64. The highest BCUT2D eigenvalue weighted by Crippen LogP contribution is 2.29. The van der Waals surface area contributed by atoms with E-state index in [0.717, 1.165) is 12.1 Å². The molecule has 0 atom stereocenters. The van der Waals surface area contributed by atoms with E-state index in [-0.39, 0.29) is 17.1 Å². The van der Waals surface area contributed by atoms with Crippen molar-refractivity contribution in [3.05, 3.63) is 45.8 Å². The molecule has 0 aliphatic heterocycles. The molecule has 1 N–H and O–H groups in total. The van der Waals surface area contributed by atoms with Crippen LogP contribution in [0, 0.1) is 10.1 Å². The summed E-state index contributed by atoms with van der Waals surface area (Å²) >= 11 is 0. The van der Waals surface area contributed by atoms with E-state index in [4.69, 9.17) is 9.52 Å². The fourth-order valence-electron chi connectivity index (χ4n) is 1.48. The lowest BCUT2D eigenvalue weighted by Gasteiger charge is -1.94. The van der Waals surface area contributed by atoms with Gasteiger partial charge >= 0.3 is 5.97 Å². The van der Waals surface area contributed by atoms with Crippen LogP contribution in [0.15, 0.2) is 28.7 Å². The van der Waals surface area contributed by atoms with Crippen LogP contribution in [0.25, 0.3) is 11.5 Å². The number of hydrogen-bond acceptors (Lipinski definition) is 5. The summed E-state index contributed by atoms with van der Waals surface area (Å²) in [6.07, 6.45) is -3.10. The average molecular weight is 284 g/mol. The number of alkyl halides is 2. The number of rotatable bonds is 4. The Kier molecular flexibility index (Phi) is 3.42. The number of oxazole rings is 1. The topological polar surface area (TPSA) is 106 Å². The van der Waals surface area contributed by atoms with Gasteiger partial charge < -0.3 is 9.52 Å². The fraction of sp³-hybridized carbons (Fsp3) is 0.0909. The van der Waals surface area contributed by atoms with E-state index >= 15 is 0 Å². The smallest absolute Gasteiger partial charge is 0.374 e. The highest BCUT2D eigenvalue weighted by molar-refractivity contribution is 5.86. The Labute approximate surface area is 109 Å². The van der Waals surface area contributed by atoms with Crippen molar-refractivity contribution in [2.75, 3.05) is 0 Å². The number of hydrogen-bond donors (Lipinski definition) is 1. The summed E-state index contributed by atoms with van der Waals surface area (Å²) in [5.41, 5.74) is -1.02. The molecule has 2 aromatic rings. The number of aromatic nitrogens is 1. The summed E-state index contributed by atoms with van der Waals surface area (Å²) in [6, 6.07) is 4.71. The number of benzene rings is 1. The lowest BCUT2D eigenvalue weighted by atomic mass is 10.2. The van der Waals surface area contributed by atoms with Gasteiger partial charge in [0.05, 0.1) is 4.92 Å². The normalized spacial score (nSPS) is 10.8. The van der Waals surface area contributed by atoms with Gasteiger partial charge in [-0.15, -0.1) is 0 Å². The number of carboxylic acids is 1. The molecule has 0 spiro atoms. The van der Waals surface area contributed by atoms with Crippen molar-refractivity contribution in [2.45, 2.75) is 6.43 Å². The van der Waals surface area contributed by atoms with Crippen molar-refractivity contribution in [3.8, 4) is 11.5 Å². The van der Waals surface area contributed by atoms with Gasteiger partial charge in [0.25, 0.3) is 12.1 Å². The molecule has 0 saturated heterocycles. The second-order valence-electron chi connectivity index (χ2n) is 3.64. The first-order chi connectivity index (χ1) is 9.40. The van der Waals surface area contributed by atoms with Gasteiger partial charge in [-0.25, -0.2) is 18.6 Å². The van der Waals surface area contributed by atoms with Crippen molar-refractivity contribution in [2.24, 2.45) is 0 Å². The molecule has 7 nitrogen and oxygen atoms in total. The maximum atomic E-state index is 12.6. The van der Waals surface area contributed by atoms with Crippen molar-refractivity contribution < 1.29 is 28.0 Å². The van der Waals surface area contributed by atoms with Gasteiger partial charge in [0.15, 0.2) is 5.69 Å². The summed E-state index contributed by atoms with van der Waals surface area (Å²) in [5, 5.41) is 19.2. The van der Waals surface area contributed by atoms with E-state index in [9.17, 15) is 23.7 Å². The molecule has 0 aliphatic rings. The zero-order valence-corrected chi connectivity index (χ0v) is 9.62. The fourth-order valence-corrected chi connectivity index (χ4v) is 1.48. The van der Waals surface area contributed by atoms with Gasteiger partial charge in [-0.1, -0.05) is 0 Å². The monoisotopic (exact) mass is 284 g/mol. The third-order valence-electron chi connectivity index (χ3n) is 2.38. The molecule has 0 unspecified atom stereocenters. The highest BCUT2D eigenvalue weighted by Gasteiger charge is 2.26. The number of nitrogens with zero attached hydrogens (tertiary/aromatic N) is 2. The van der Waals surface area contributed by atoms with E-state index < -0.39 is 28.8 Å². The second kappa shape index (κ2) is 5.03. The number of nitro groups is 1. The van der Waals surface area contributed by atoms with E-state index in [1.807, 2.05) is 0 Å². The van der Waals surface area contributed by atoms with E-state index in [1.165, 1.54) is 12.1 Å². The molecular weight excluding hydrogens is 278 g/mol. The van der Waals surface area contributed by atoms with Gasteiger partial charge in [-0.3, -0.25) is 10.1 Å². The van der Waals surface area contributed by atoms with Crippen molar-refractivity contribution in [1.82, 2.24) is 4.98 Å². The average Bonchev–Trinajstić information content (AvgIpc) is 2.84. The molecule has 104 valence electrons. The Bertz CT molecular complexity index is 666. The molecule has 0 radical (unpaired) electrons. The van der Waals surface area contributed by atoms with Crippen molar-refractivity contribution >= 4 is 11.7 Å². The molecule has 1 aromatic carbocycles. The molecule has 0 saturated carbocycles. The van der Waals surface area contributed by atoms with Gasteiger partial charge in [0.2, 0.25) is 11.7 Å². The van der Waals surface area contributed by atoms with Gasteiger partial charge in [0, 0.05) is 17.7 Å². The minimum Gasteiger partial charge on any atom is -0.475 e. The molecule has 2 rings (SSSR count). The number of non-ortho nitro benzene ring substituents is 1. The lowest BCUT2D eigenvalue weighted by Crippen LogP contribution is -1.99. The molecule has 0 amide bonds. The Morgan fingerprint density at radius 1 is 1.35 bits per heavy atom. The summed E-state index contributed by atoms with van der Waals surface area (Å²) in [5.74, 6) is -2.96.